The summed E-state index contributed by atoms with van der Waals surface area (Å²) in [5, 5.41) is 5.88. The van der Waals surface area contributed by atoms with E-state index in [0.29, 0.717) is 16.4 Å². The third kappa shape index (κ3) is 1.21. The molecule has 0 fully saturated rings. The molecule has 5 heteroatoms. The number of rotatable bonds is 1. The SMILES string of the molecule is Cc1c(-c2sccc2F)nn(C)c1N. The van der Waals surface area contributed by atoms with E-state index in [2.05, 4.69) is 5.10 Å². The average molecular weight is 211 g/mol. The maximum atomic E-state index is 13.3. The lowest BCUT2D eigenvalue weighted by atomic mass is 10.2. The van der Waals surface area contributed by atoms with Crippen LogP contribution in [0.3, 0.4) is 0 Å². The van der Waals surface area contributed by atoms with E-state index in [-0.39, 0.29) is 5.82 Å². The molecule has 0 saturated carbocycles. The average Bonchev–Trinajstić information content (AvgIpc) is 2.66. The summed E-state index contributed by atoms with van der Waals surface area (Å²) < 4.78 is 14.8. The fourth-order valence-corrected chi connectivity index (χ4v) is 2.13. The Morgan fingerprint density at radius 2 is 2.29 bits per heavy atom. The number of aryl methyl sites for hydroxylation is 1. The van der Waals surface area contributed by atoms with Crippen molar-refractivity contribution in [1.29, 1.82) is 0 Å². The first kappa shape index (κ1) is 9.21. The normalized spacial score (nSPS) is 10.8. The molecule has 0 radical (unpaired) electrons. The molecule has 0 saturated heterocycles. The topological polar surface area (TPSA) is 43.8 Å². The Bertz CT molecular complexity index is 472. The Morgan fingerprint density at radius 1 is 1.57 bits per heavy atom. The highest BCUT2D eigenvalue weighted by Gasteiger charge is 2.15. The molecular formula is C9H10FN3S. The second kappa shape index (κ2) is 3.09. The second-order valence-corrected chi connectivity index (χ2v) is 4.00. The lowest BCUT2D eigenvalue weighted by Crippen LogP contribution is -1.97. The fourth-order valence-electron chi connectivity index (χ4n) is 1.32. The van der Waals surface area contributed by atoms with Gasteiger partial charge in [-0.1, -0.05) is 0 Å². The van der Waals surface area contributed by atoms with Crippen LogP contribution in [-0.2, 0) is 7.05 Å². The van der Waals surface area contributed by atoms with Gasteiger partial charge < -0.3 is 5.73 Å². The van der Waals surface area contributed by atoms with Crippen LogP contribution in [0.1, 0.15) is 5.56 Å². The molecule has 0 aliphatic carbocycles. The van der Waals surface area contributed by atoms with E-state index in [4.69, 9.17) is 5.73 Å². The van der Waals surface area contributed by atoms with E-state index >= 15 is 0 Å². The molecule has 0 aromatic carbocycles. The molecule has 0 unspecified atom stereocenters. The van der Waals surface area contributed by atoms with Gasteiger partial charge in [-0.2, -0.15) is 5.10 Å². The van der Waals surface area contributed by atoms with Crippen LogP contribution >= 0.6 is 11.3 Å². The summed E-state index contributed by atoms with van der Waals surface area (Å²) in [7, 11) is 1.75. The van der Waals surface area contributed by atoms with Crippen LogP contribution in [0, 0.1) is 12.7 Å². The van der Waals surface area contributed by atoms with Gasteiger partial charge in [-0.3, -0.25) is 4.68 Å². The van der Waals surface area contributed by atoms with Crippen LogP contribution < -0.4 is 5.73 Å². The third-order valence-electron chi connectivity index (χ3n) is 2.17. The molecule has 2 rings (SSSR count). The minimum atomic E-state index is -0.240. The summed E-state index contributed by atoms with van der Waals surface area (Å²) >= 11 is 1.33. The number of hydrogen-bond donors (Lipinski definition) is 1. The summed E-state index contributed by atoms with van der Waals surface area (Å²) in [5.74, 6) is 0.337. The molecule has 2 heterocycles. The van der Waals surface area contributed by atoms with Gasteiger partial charge >= 0.3 is 0 Å². The van der Waals surface area contributed by atoms with E-state index in [1.165, 1.54) is 17.4 Å². The molecule has 74 valence electrons. The van der Waals surface area contributed by atoms with Gasteiger partial charge in [0.1, 0.15) is 17.3 Å². The van der Waals surface area contributed by atoms with Crippen molar-refractivity contribution in [3.05, 3.63) is 22.8 Å². The standard InChI is InChI=1S/C9H10FN3S/c1-5-7(12-13(2)9(5)11)8-6(10)3-4-14-8/h3-4H,11H2,1-2H3. The van der Waals surface area contributed by atoms with Crippen molar-refractivity contribution in [2.75, 3.05) is 5.73 Å². The zero-order valence-corrected chi connectivity index (χ0v) is 8.73. The quantitative estimate of drug-likeness (QED) is 0.785. The predicted octanol–water partition coefficient (Wildman–Crippen LogP) is 2.18. The molecule has 0 aliphatic rings. The van der Waals surface area contributed by atoms with Gasteiger partial charge in [0.2, 0.25) is 0 Å². The maximum Gasteiger partial charge on any atom is 0.143 e. The molecule has 3 nitrogen and oxygen atoms in total. The van der Waals surface area contributed by atoms with Crippen LogP contribution in [-0.4, -0.2) is 9.78 Å². The molecule has 0 aliphatic heterocycles. The van der Waals surface area contributed by atoms with Crippen molar-refractivity contribution in [3.63, 3.8) is 0 Å². The largest absolute Gasteiger partial charge is 0.384 e. The summed E-state index contributed by atoms with van der Waals surface area (Å²) in [4.78, 5) is 0.551. The van der Waals surface area contributed by atoms with E-state index in [0.717, 1.165) is 5.56 Å². The molecule has 14 heavy (non-hydrogen) atoms. The zero-order valence-electron chi connectivity index (χ0n) is 7.91. The molecular weight excluding hydrogens is 201 g/mol. The van der Waals surface area contributed by atoms with Gasteiger partial charge in [-0.15, -0.1) is 11.3 Å². The van der Waals surface area contributed by atoms with Gasteiger partial charge in [0.25, 0.3) is 0 Å². The number of nitrogen functional groups attached to an aromatic ring is 1. The maximum absolute atomic E-state index is 13.3. The minimum absolute atomic E-state index is 0.240. The van der Waals surface area contributed by atoms with Crippen LogP contribution in [0.5, 0.6) is 0 Å². The number of nitrogens with two attached hydrogens (primary N) is 1. The van der Waals surface area contributed by atoms with Crippen molar-refractivity contribution in [2.45, 2.75) is 6.92 Å². The van der Waals surface area contributed by atoms with Crippen molar-refractivity contribution < 1.29 is 4.39 Å². The first-order chi connectivity index (χ1) is 6.61. The van der Waals surface area contributed by atoms with Crippen LogP contribution in [0.4, 0.5) is 10.2 Å². The Balaban J connectivity index is 2.63. The van der Waals surface area contributed by atoms with Crippen molar-refractivity contribution in [3.8, 4) is 10.6 Å². The lowest BCUT2D eigenvalue weighted by molar-refractivity contribution is 0.635. The monoisotopic (exact) mass is 211 g/mol. The van der Waals surface area contributed by atoms with E-state index in [1.54, 1.807) is 17.1 Å². The summed E-state index contributed by atoms with van der Waals surface area (Å²) in [5.41, 5.74) is 7.21. The highest BCUT2D eigenvalue weighted by atomic mass is 32.1. The number of halogens is 1. The first-order valence-corrected chi connectivity index (χ1v) is 5.01. The summed E-state index contributed by atoms with van der Waals surface area (Å²) in [6.45, 7) is 1.84. The fraction of sp³-hybridized carbons (Fsp3) is 0.222. The molecule has 0 spiro atoms. The number of thiophene rings is 1. The lowest BCUT2D eigenvalue weighted by Gasteiger charge is -1.93. The van der Waals surface area contributed by atoms with Gasteiger partial charge in [0.15, 0.2) is 0 Å². The summed E-state index contributed by atoms with van der Waals surface area (Å²) in [6.07, 6.45) is 0. The number of hydrogen-bond acceptors (Lipinski definition) is 3. The van der Waals surface area contributed by atoms with E-state index < -0.39 is 0 Å². The Morgan fingerprint density at radius 3 is 2.71 bits per heavy atom. The molecule has 2 N–H and O–H groups in total. The molecule has 0 atom stereocenters. The van der Waals surface area contributed by atoms with Crippen LogP contribution in [0.2, 0.25) is 0 Å². The Kier molecular flexibility index (Phi) is 2.03. The highest BCUT2D eigenvalue weighted by Crippen LogP contribution is 2.31. The Hall–Kier alpha value is -1.36. The zero-order chi connectivity index (χ0) is 10.3. The third-order valence-corrected chi connectivity index (χ3v) is 3.07. The number of aromatic nitrogens is 2. The van der Waals surface area contributed by atoms with Gasteiger partial charge in [0, 0.05) is 12.6 Å². The van der Waals surface area contributed by atoms with Gasteiger partial charge in [0.05, 0.1) is 4.88 Å². The summed E-state index contributed by atoms with van der Waals surface area (Å²) in [6, 6.07) is 1.43. The van der Waals surface area contributed by atoms with Crippen molar-refractivity contribution in [2.24, 2.45) is 7.05 Å². The molecule has 0 amide bonds. The van der Waals surface area contributed by atoms with Gasteiger partial charge in [-0.05, 0) is 18.4 Å². The van der Waals surface area contributed by atoms with Gasteiger partial charge in [-0.25, -0.2) is 4.39 Å². The van der Waals surface area contributed by atoms with Crippen LogP contribution in [0.15, 0.2) is 11.4 Å². The van der Waals surface area contributed by atoms with E-state index in [1.807, 2.05) is 6.92 Å². The molecule has 0 bridgehead atoms. The predicted molar refractivity (Wildman–Crippen MR) is 55.6 cm³/mol. The minimum Gasteiger partial charge on any atom is -0.384 e. The van der Waals surface area contributed by atoms with Crippen molar-refractivity contribution >= 4 is 17.2 Å². The molecule has 2 aromatic rings. The second-order valence-electron chi connectivity index (χ2n) is 3.08. The first-order valence-electron chi connectivity index (χ1n) is 4.13. The van der Waals surface area contributed by atoms with E-state index in [9.17, 15) is 4.39 Å². The number of nitrogens with zero attached hydrogens (tertiary/aromatic N) is 2. The van der Waals surface area contributed by atoms with Crippen molar-refractivity contribution in [1.82, 2.24) is 9.78 Å². The number of anilines is 1. The smallest absolute Gasteiger partial charge is 0.143 e. The molecule has 2 aromatic heterocycles. The Labute approximate surface area is 85.0 Å². The van der Waals surface area contributed by atoms with Crippen LogP contribution in [0.25, 0.3) is 10.6 Å². The highest BCUT2D eigenvalue weighted by molar-refractivity contribution is 7.13.